The number of hydroxylamine groups is 1. The molecule has 3 N–H and O–H groups in total. The zero-order valence-corrected chi connectivity index (χ0v) is 19.0. The van der Waals surface area contributed by atoms with Crippen LogP contribution in [0.2, 0.25) is 10.0 Å². The molecular formula is C23H22Cl2FN3O4. The molecule has 3 aliphatic carbocycles. The standard InChI is InChI=1S/C23H22Cl2FN3O4/c24-14-3-1-13(2-4-14)18-8-19(33-29-18)21(31)28-23-10-22(11-23,12-23)27-20(30)9-32-15-5-6-16(25)17(26)7-15/h1-7,18-19,29H,8-12H2,(H,27,30)(H,28,31). The van der Waals surface area contributed by atoms with Crippen LogP contribution in [-0.2, 0) is 14.4 Å². The summed E-state index contributed by atoms with van der Waals surface area (Å²) < 4.78 is 18.8. The van der Waals surface area contributed by atoms with E-state index in [4.69, 9.17) is 32.8 Å². The molecule has 4 fully saturated rings. The number of amides is 2. The van der Waals surface area contributed by atoms with Crippen LogP contribution in [0.5, 0.6) is 5.75 Å². The minimum Gasteiger partial charge on any atom is -0.484 e. The molecule has 174 valence electrons. The van der Waals surface area contributed by atoms with Gasteiger partial charge in [-0.05, 0) is 49.1 Å². The van der Waals surface area contributed by atoms with Gasteiger partial charge in [-0.25, -0.2) is 4.39 Å². The van der Waals surface area contributed by atoms with E-state index >= 15 is 0 Å². The van der Waals surface area contributed by atoms with Crippen molar-refractivity contribution in [1.82, 2.24) is 16.1 Å². The van der Waals surface area contributed by atoms with E-state index in [0.717, 1.165) is 11.6 Å². The molecule has 4 aliphatic rings. The van der Waals surface area contributed by atoms with Crippen LogP contribution >= 0.6 is 23.2 Å². The minimum atomic E-state index is -0.604. The largest absolute Gasteiger partial charge is 0.484 e. The lowest BCUT2D eigenvalue weighted by molar-refractivity contribution is -0.156. The maximum Gasteiger partial charge on any atom is 0.258 e. The quantitative estimate of drug-likeness (QED) is 0.549. The number of halogens is 3. The van der Waals surface area contributed by atoms with Crippen LogP contribution in [-0.4, -0.2) is 35.6 Å². The second-order valence-electron chi connectivity index (χ2n) is 9.06. The van der Waals surface area contributed by atoms with Gasteiger partial charge in [0.15, 0.2) is 12.7 Å². The van der Waals surface area contributed by atoms with Crippen LogP contribution in [0, 0.1) is 5.82 Å². The summed E-state index contributed by atoms with van der Waals surface area (Å²) in [4.78, 5) is 30.5. The molecule has 0 aromatic heterocycles. The van der Waals surface area contributed by atoms with Crippen LogP contribution in [0.15, 0.2) is 42.5 Å². The first-order chi connectivity index (χ1) is 15.7. The van der Waals surface area contributed by atoms with Gasteiger partial charge < -0.3 is 15.4 Å². The van der Waals surface area contributed by atoms with E-state index in [1.165, 1.54) is 12.1 Å². The molecule has 1 saturated heterocycles. The predicted octanol–water partition coefficient (Wildman–Crippen LogP) is 3.45. The Labute approximate surface area is 199 Å². The molecule has 2 unspecified atom stereocenters. The third kappa shape index (κ3) is 4.53. The van der Waals surface area contributed by atoms with Crippen molar-refractivity contribution in [3.05, 3.63) is 63.9 Å². The molecule has 6 rings (SSSR count). The number of nitrogens with one attached hydrogen (secondary N) is 3. The van der Waals surface area contributed by atoms with Crippen LogP contribution in [0.3, 0.4) is 0 Å². The summed E-state index contributed by atoms with van der Waals surface area (Å²) in [7, 11) is 0. The lowest BCUT2D eigenvalue weighted by Crippen LogP contribution is -2.84. The summed E-state index contributed by atoms with van der Waals surface area (Å²) in [6.07, 6.45) is 1.92. The summed E-state index contributed by atoms with van der Waals surface area (Å²) in [5, 5.41) is 6.70. The Morgan fingerprint density at radius 3 is 2.48 bits per heavy atom. The number of rotatable bonds is 7. The maximum absolute atomic E-state index is 13.5. The van der Waals surface area contributed by atoms with Gasteiger partial charge in [0.25, 0.3) is 11.8 Å². The van der Waals surface area contributed by atoms with Gasteiger partial charge in [-0.2, -0.15) is 5.48 Å². The average Bonchev–Trinajstić information content (AvgIpc) is 3.23. The fourth-order valence-corrected chi connectivity index (χ4v) is 5.22. The van der Waals surface area contributed by atoms with Crippen LogP contribution in [0.4, 0.5) is 4.39 Å². The van der Waals surface area contributed by atoms with E-state index in [-0.39, 0.29) is 46.3 Å². The van der Waals surface area contributed by atoms with Crippen molar-refractivity contribution < 1.29 is 23.6 Å². The van der Waals surface area contributed by atoms with Crippen molar-refractivity contribution in [3.63, 3.8) is 0 Å². The van der Waals surface area contributed by atoms with E-state index in [9.17, 15) is 14.0 Å². The van der Waals surface area contributed by atoms with Crippen LogP contribution in [0.1, 0.15) is 37.3 Å². The molecule has 0 radical (unpaired) electrons. The fraction of sp³-hybridized carbons (Fsp3) is 0.391. The molecule has 10 heteroatoms. The summed E-state index contributed by atoms with van der Waals surface area (Å²) in [6.45, 7) is -0.226. The minimum absolute atomic E-state index is 0.00713. The molecule has 7 nitrogen and oxygen atoms in total. The molecule has 2 aromatic carbocycles. The third-order valence-corrected chi connectivity index (χ3v) is 7.01. The average molecular weight is 494 g/mol. The topological polar surface area (TPSA) is 88.7 Å². The van der Waals surface area contributed by atoms with Crippen molar-refractivity contribution in [2.45, 2.75) is 48.9 Å². The van der Waals surface area contributed by atoms with Crippen molar-refractivity contribution in [3.8, 4) is 5.75 Å². The maximum atomic E-state index is 13.5. The number of ether oxygens (including phenoxy) is 1. The number of benzene rings is 2. The normalized spacial score (nSPS) is 29.5. The summed E-state index contributed by atoms with van der Waals surface area (Å²) >= 11 is 11.6. The molecule has 1 aliphatic heterocycles. The molecule has 3 saturated carbocycles. The van der Waals surface area contributed by atoms with Gasteiger partial charge in [0, 0.05) is 28.6 Å². The van der Waals surface area contributed by atoms with Crippen molar-refractivity contribution in [2.24, 2.45) is 0 Å². The van der Waals surface area contributed by atoms with E-state index < -0.39 is 11.9 Å². The Bertz CT molecular complexity index is 1080. The summed E-state index contributed by atoms with van der Waals surface area (Å²) in [5.41, 5.74) is 3.31. The first-order valence-corrected chi connectivity index (χ1v) is 11.4. The molecular weight excluding hydrogens is 472 g/mol. The molecule has 1 heterocycles. The third-order valence-electron chi connectivity index (χ3n) is 6.45. The summed E-state index contributed by atoms with van der Waals surface area (Å²) in [6, 6.07) is 11.4. The van der Waals surface area contributed by atoms with Gasteiger partial charge in [0.05, 0.1) is 11.1 Å². The Morgan fingerprint density at radius 2 is 1.79 bits per heavy atom. The van der Waals surface area contributed by atoms with Crippen molar-refractivity contribution >= 4 is 35.0 Å². The van der Waals surface area contributed by atoms with Gasteiger partial charge in [0.2, 0.25) is 0 Å². The first-order valence-electron chi connectivity index (χ1n) is 10.6. The molecule has 0 spiro atoms. The van der Waals surface area contributed by atoms with E-state index in [0.29, 0.717) is 30.7 Å². The lowest BCUT2D eigenvalue weighted by Gasteiger charge is -2.70. The Morgan fingerprint density at radius 1 is 1.09 bits per heavy atom. The zero-order valence-electron chi connectivity index (χ0n) is 17.5. The molecule has 2 atom stereocenters. The Kier molecular flexibility index (Phi) is 5.73. The van der Waals surface area contributed by atoms with Gasteiger partial charge >= 0.3 is 0 Å². The highest BCUT2D eigenvalue weighted by Gasteiger charge is 2.69. The second kappa shape index (κ2) is 8.43. The number of carbonyl (C=O) groups excluding carboxylic acids is 2. The second-order valence-corrected chi connectivity index (χ2v) is 9.90. The predicted molar refractivity (Wildman–Crippen MR) is 119 cm³/mol. The fourth-order valence-electron chi connectivity index (χ4n) is 4.98. The van der Waals surface area contributed by atoms with Gasteiger partial charge in [0.1, 0.15) is 11.6 Å². The zero-order chi connectivity index (χ0) is 23.2. The smallest absolute Gasteiger partial charge is 0.258 e. The monoisotopic (exact) mass is 493 g/mol. The van der Waals surface area contributed by atoms with Crippen LogP contribution in [0.25, 0.3) is 0 Å². The molecule has 33 heavy (non-hydrogen) atoms. The van der Waals surface area contributed by atoms with E-state index in [1.54, 1.807) is 12.1 Å². The first kappa shape index (κ1) is 22.4. The SMILES string of the molecule is O=C(COc1ccc(Cl)c(F)c1)NC12CC(NC(=O)C3CC(c4ccc(Cl)cc4)NO3)(C1)C2. The summed E-state index contributed by atoms with van der Waals surface area (Å²) in [5.74, 6) is -0.825. The van der Waals surface area contributed by atoms with Crippen molar-refractivity contribution in [2.75, 3.05) is 6.61 Å². The number of hydrogen-bond donors (Lipinski definition) is 3. The van der Waals surface area contributed by atoms with Crippen molar-refractivity contribution in [1.29, 1.82) is 0 Å². The van der Waals surface area contributed by atoms with Gasteiger partial charge in [-0.15, -0.1) is 0 Å². The van der Waals surface area contributed by atoms with Gasteiger partial charge in [-0.1, -0.05) is 35.3 Å². The van der Waals surface area contributed by atoms with Gasteiger partial charge in [-0.3, -0.25) is 14.4 Å². The van der Waals surface area contributed by atoms with E-state index in [2.05, 4.69) is 16.1 Å². The highest BCUT2D eigenvalue weighted by atomic mass is 35.5. The Balaban J connectivity index is 1.06. The molecule has 2 aromatic rings. The number of carbonyl (C=O) groups is 2. The molecule has 2 amide bonds. The number of hydrogen-bond acceptors (Lipinski definition) is 5. The lowest BCUT2D eigenvalue weighted by atomic mass is 9.44. The molecule has 2 bridgehead atoms. The van der Waals surface area contributed by atoms with Crippen LogP contribution < -0.4 is 20.9 Å². The highest BCUT2D eigenvalue weighted by Crippen LogP contribution is 2.60. The Hall–Kier alpha value is -2.39. The highest BCUT2D eigenvalue weighted by molar-refractivity contribution is 6.30. The van der Waals surface area contributed by atoms with E-state index in [1.807, 2.05) is 12.1 Å².